The van der Waals surface area contributed by atoms with E-state index in [1.807, 2.05) is 20.9 Å². The minimum absolute atomic E-state index is 0.0532. The van der Waals surface area contributed by atoms with Crippen molar-refractivity contribution in [2.24, 2.45) is 7.05 Å². The molecule has 2 N–H and O–H groups in total. The molecule has 0 radical (unpaired) electrons. The Morgan fingerprint density at radius 1 is 1.45 bits per heavy atom. The largest absolute Gasteiger partial charge is 0.481 e. The molecule has 1 rings (SSSR count). The second kappa shape index (κ2) is 7.86. The molecule has 1 atom stereocenters. The van der Waals surface area contributed by atoms with Gasteiger partial charge in [-0.25, -0.2) is 4.68 Å². The molecule has 0 spiro atoms. The number of hydrogen-bond donors (Lipinski definition) is 2. The van der Waals surface area contributed by atoms with Gasteiger partial charge in [0.2, 0.25) is 11.8 Å². The smallest absolute Gasteiger partial charge is 0.236 e. The van der Waals surface area contributed by atoms with Crippen molar-refractivity contribution in [3.63, 3.8) is 0 Å². The summed E-state index contributed by atoms with van der Waals surface area (Å²) >= 11 is 0. The molecule has 1 heterocycles. The molecule has 0 fully saturated rings. The zero-order valence-electron chi connectivity index (χ0n) is 12.8. The number of rotatable bonds is 8. The monoisotopic (exact) mass is 284 g/mol. The van der Waals surface area contributed by atoms with Crippen LogP contribution in [0.1, 0.15) is 18.2 Å². The van der Waals surface area contributed by atoms with Crippen LogP contribution in [-0.2, 0) is 23.1 Å². The van der Waals surface area contributed by atoms with Gasteiger partial charge in [0.25, 0.3) is 0 Å². The number of carbonyl (C=O) groups excluding carboxylic acids is 1. The van der Waals surface area contributed by atoms with E-state index in [0.29, 0.717) is 25.6 Å². The highest BCUT2D eigenvalue weighted by Crippen LogP contribution is 2.20. The first kappa shape index (κ1) is 16.5. The molecule has 0 aliphatic carbocycles. The Hall–Kier alpha value is -1.60. The first-order chi connectivity index (χ1) is 9.51. The third-order valence-corrected chi connectivity index (χ3v) is 3.07. The average Bonchev–Trinajstić information content (AvgIpc) is 2.69. The Morgan fingerprint density at radius 2 is 2.15 bits per heavy atom. The number of ether oxygens (including phenoxy) is 2. The van der Waals surface area contributed by atoms with Crippen molar-refractivity contribution in [2.75, 3.05) is 27.4 Å². The fraction of sp³-hybridized carbons (Fsp3) is 0.692. The number of nitrogens with zero attached hydrogens (tertiary/aromatic N) is 2. The van der Waals surface area contributed by atoms with Gasteiger partial charge in [-0.05, 0) is 13.8 Å². The molecule has 7 nitrogen and oxygen atoms in total. The maximum absolute atomic E-state index is 11.8. The highest BCUT2D eigenvalue weighted by Gasteiger charge is 2.17. The Balaban J connectivity index is 2.52. The third-order valence-electron chi connectivity index (χ3n) is 3.07. The molecule has 0 aromatic carbocycles. The second-order valence-electron chi connectivity index (χ2n) is 4.58. The van der Waals surface area contributed by atoms with Crippen LogP contribution in [0.15, 0.2) is 0 Å². The first-order valence-electron chi connectivity index (χ1n) is 6.57. The van der Waals surface area contributed by atoms with Crippen LogP contribution >= 0.6 is 0 Å². The third kappa shape index (κ3) is 4.21. The molecule has 0 aliphatic heterocycles. The normalized spacial score (nSPS) is 12.2. The lowest BCUT2D eigenvalue weighted by Gasteiger charge is -2.14. The highest BCUT2D eigenvalue weighted by atomic mass is 16.5. The Labute approximate surface area is 119 Å². The van der Waals surface area contributed by atoms with Crippen LogP contribution in [0.4, 0.5) is 0 Å². The van der Waals surface area contributed by atoms with Crippen molar-refractivity contribution in [3.8, 4) is 5.88 Å². The van der Waals surface area contributed by atoms with Crippen LogP contribution in [-0.4, -0.2) is 49.1 Å². The van der Waals surface area contributed by atoms with Gasteiger partial charge < -0.3 is 20.1 Å². The van der Waals surface area contributed by atoms with E-state index in [1.165, 1.54) is 0 Å². The summed E-state index contributed by atoms with van der Waals surface area (Å²) in [5.74, 6) is 0.657. The van der Waals surface area contributed by atoms with Crippen LogP contribution in [0, 0.1) is 6.92 Å². The molecule has 114 valence electrons. The Morgan fingerprint density at radius 3 is 2.75 bits per heavy atom. The van der Waals surface area contributed by atoms with Crippen LogP contribution < -0.4 is 15.4 Å². The Kier molecular flexibility index (Phi) is 6.47. The SMILES string of the molecule is COCCNC(=O)C(C)NCc1c(C)nn(C)c1OC. The van der Waals surface area contributed by atoms with Gasteiger partial charge in [0.15, 0.2) is 0 Å². The summed E-state index contributed by atoms with van der Waals surface area (Å²) in [5, 5.41) is 10.3. The van der Waals surface area contributed by atoms with E-state index in [0.717, 1.165) is 11.3 Å². The van der Waals surface area contributed by atoms with Crippen LogP contribution in [0.3, 0.4) is 0 Å². The summed E-state index contributed by atoms with van der Waals surface area (Å²) in [6.45, 7) is 5.29. The van der Waals surface area contributed by atoms with Gasteiger partial charge in [-0.15, -0.1) is 0 Å². The van der Waals surface area contributed by atoms with Gasteiger partial charge in [0, 0.05) is 27.2 Å². The fourth-order valence-corrected chi connectivity index (χ4v) is 1.92. The van der Waals surface area contributed by atoms with Crippen LogP contribution in [0.2, 0.25) is 0 Å². The molecule has 1 aromatic heterocycles. The number of hydrogen-bond acceptors (Lipinski definition) is 5. The van der Waals surface area contributed by atoms with E-state index in [2.05, 4.69) is 15.7 Å². The molecular weight excluding hydrogens is 260 g/mol. The predicted octanol–water partition coefficient (Wildman–Crippen LogP) is -0.0222. The summed E-state index contributed by atoms with van der Waals surface area (Å²) in [7, 11) is 5.04. The van der Waals surface area contributed by atoms with E-state index in [1.54, 1.807) is 18.9 Å². The summed E-state index contributed by atoms with van der Waals surface area (Å²) < 4.78 is 11.9. The molecule has 0 saturated carbocycles. The second-order valence-corrected chi connectivity index (χ2v) is 4.58. The van der Waals surface area contributed by atoms with Crippen LogP contribution in [0.25, 0.3) is 0 Å². The maximum atomic E-state index is 11.8. The Bertz CT molecular complexity index is 445. The van der Waals surface area contributed by atoms with Crippen molar-refractivity contribution in [3.05, 3.63) is 11.3 Å². The van der Waals surface area contributed by atoms with E-state index in [9.17, 15) is 4.79 Å². The standard InChI is InChI=1S/C13H24N4O3/c1-9-11(13(20-5)17(3)16-9)8-15-10(2)12(18)14-6-7-19-4/h10,15H,6-8H2,1-5H3,(H,14,18). The number of methoxy groups -OCH3 is 2. The quantitative estimate of drug-likeness (QED) is 0.656. The lowest BCUT2D eigenvalue weighted by atomic mass is 10.2. The molecule has 1 aromatic rings. The average molecular weight is 284 g/mol. The zero-order chi connectivity index (χ0) is 15.1. The number of nitrogens with one attached hydrogen (secondary N) is 2. The molecule has 0 saturated heterocycles. The maximum Gasteiger partial charge on any atom is 0.236 e. The molecule has 1 amide bonds. The summed E-state index contributed by atoms with van der Waals surface area (Å²) in [6, 6.07) is -0.295. The summed E-state index contributed by atoms with van der Waals surface area (Å²) in [4.78, 5) is 11.8. The van der Waals surface area contributed by atoms with Gasteiger partial charge in [-0.2, -0.15) is 5.10 Å². The minimum Gasteiger partial charge on any atom is -0.481 e. The van der Waals surface area contributed by atoms with E-state index < -0.39 is 0 Å². The molecule has 0 bridgehead atoms. The van der Waals surface area contributed by atoms with Gasteiger partial charge in [0.05, 0.1) is 31.0 Å². The molecular formula is C13H24N4O3. The summed E-state index contributed by atoms with van der Waals surface area (Å²) in [5.41, 5.74) is 1.86. The van der Waals surface area contributed by atoms with Crippen LogP contribution in [0.5, 0.6) is 5.88 Å². The lowest BCUT2D eigenvalue weighted by molar-refractivity contribution is -0.123. The molecule has 20 heavy (non-hydrogen) atoms. The molecule has 1 unspecified atom stereocenters. The van der Waals surface area contributed by atoms with Gasteiger partial charge in [-0.1, -0.05) is 0 Å². The molecule has 7 heteroatoms. The number of aromatic nitrogens is 2. The molecule has 0 aliphatic rings. The van der Waals surface area contributed by atoms with Crippen molar-refractivity contribution in [1.29, 1.82) is 0 Å². The highest BCUT2D eigenvalue weighted by molar-refractivity contribution is 5.81. The predicted molar refractivity (Wildman–Crippen MR) is 75.7 cm³/mol. The lowest BCUT2D eigenvalue weighted by Crippen LogP contribution is -2.42. The van der Waals surface area contributed by atoms with Crippen molar-refractivity contribution >= 4 is 5.91 Å². The number of carbonyl (C=O) groups is 1. The van der Waals surface area contributed by atoms with Gasteiger partial charge in [0.1, 0.15) is 0 Å². The fourth-order valence-electron chi connectivity index (χ4n) is 1.92. The van der Waals surface area contributed by atoms with Crippen molar-refractivity contribution in [1.82, 2.24) is 20.4 Å². The van der Waals surface area contributed by atoms with E-state index in [4.69, 9.17) is 9.47 Å². The minimum atomic E-state index is -0.295. The summed E-state index contributed by atoms with van der Waals surface area (Å²) in [6.07, 6.45) is 0. The topological polar surface area (TPSA) is 77.4 Å². The van der Waals surface area contributed by atoms with E-state index >= 15 is 0 Å². The van der Waals surface area contributed by atoms with E-state index in [-0.39, 0.29) is 11.9 Å². The van der Waals surface area contributed by atoms with Gasteiger partial charge in [-0.3, -0.25) is 4.79 Å². The van der Waals surface area contributed by atoms with Crippen molar-refractivity contribution < 1.29 is 14.3 Å². The zero-order valence-corrected chi connectivity index (χ0v) is 12.8. The van der Waals surface area contributed by atoms with Gasteiger partial charge >= 0.3 is 0 Å². The first-order valence-corrected chi connectivity index (χ1v) is 6.57. The number of amides is 1. The van der Waals surface area contributed by atoms with Crippen molar-refractivity contribution in [2.45, 2.75) is 26.4 Å². The number of aryl methyl sites for hydroxylation is 2.